The van der Waals surface area contributed by atoms with Crippen LogP contribution in [-0.2, 0) is 13.0 Å². The lowest BCUT2D eigenvalue weighted by Crippen LogP contribution is -1.99. The quantitative estimate of drug-likeness (QED) is 0.895. The molecule has 0 aliphatic rings. The lowest BCUT2D eigenvalue weighted by Gasteiger charge is -2.01. The highest BCUT2D eigenvalue weighted by Crippen LogP contribution is 2.13. The SMILES string of the molecule is CCCc1nsc(NCc2ccc(C#N)cc2)n1. The number of nitriles is 1. The van der Waals surface area contributed by atoms with Gasteiger partial charge >= 0.3 is 0 Å². The number of anilines is 1. The van der Waals surface area contributed by atoms with Gasteiger partial charge in [0.25, 0.3) is 0 Å². The molecule has 0 spiro atoms. The fourth-order valence-corrected chi connectivity index (χ4v) is 2.13. The monoisotopic (exact) mass is 258 g/mol. The smallest absolute Gasteiger partial charge is 0.202 e. The highest BCUT2D eigenvalue weighted by Gasteiger charge is 2.02. The Bertz CT molecular complexity index is 539. The molecule has 2 aromatic rings. The van der Waals surface area contributed by atoms with Crippen LogP contribution >= 0.6 is 11.5 Å². The molecule has 0 aliphatic carbocycles. The minimum Gasteiger partial charge on any atom is -0.356 e. The third kappa shape index (κ3) is 3.28. The number of nitrogens with one attached hydrogen (secondary N) is 1. The maximum absolute atomic E-state index is 8.71. The summed E-state index contributed by atoms with van der Waals surface area (Å²) in [5, 5.41) is 12.8. The largest absolute Gasteiger partial charge is 0.356 e. The average Bonchev–Trinajstić information content (AvgIpc) is 2.85. The topological polar surface area (TPSA) is 61.6 Å². The Morgan fingerprint density at radius 2 is 2.11 bits per heavy atom. The van der Waals surface area contributed by atoms with Crippen LogP contribution < -0.4 is 5.32 Å². The van der Waals surface area contributed by atoms with Crippen molar-refractivity contribution in [3.63, 3.8) is 0 Å². The summed E-state index contributed by atoms with van der Waals surface area (Å²) in [7, 11) is 0. The molecule has 0 amide bonds. The van der Waals surface area contributed by atoms with Crippen molar-refractivity contribution in [2.75, 3.05) is 5.32 Å². The summed E-state index contributed by atoms with van der Waals surface area (Å²) in [4.78, 5) is 4.39. The van der Waals surface area contributed by atoms with Gasteiger partial charge < -0.3 is 5.32 Å². The fourth-order valence-electron chi connectivity index (χ4n) is 1.53. The number of hydrogen-bond donors (Lipinski definition) is 1. The molecule has 0 saturated carbocycles. The van der Waals surface area contributed by atoms with Crippen molar-refractivity contribution in [2.45, 2.75) is 26.3 Å². The van der Waals surface area contributed by atoms with Crippen LogP contribution in [0.2, 0.25) is 0 Å². The fraction of sp³-hybridized carbons (Fsp3) is 0.308. The molecule has 0 aliphatic heterocycles. The number of aryl methyl sites for hydroxylation is 1. The van der Waals surface area contributed by atoms with Gasteiger partial charge in [-0.05, 0) is 24.1 Å². The predicted octanol–water partition coefficient (Wildman–Crippen LogP) is 2.97. The van der Waals surface area contributed by atoms with Crippen LogP contribution in [0.5, 0.6) is 0 Å². The zero-order valence-electron chi connectivity index (χ0n) is 10.2. The van der Waals surface area contributed by atoms with E-state index in [1.807, 2.05) is 24.3 Å². The van der Waals surface area contributed by atoms with Crippen molar-refractivity contribution in [3.05, 3.63) is 41.2 Å². The Kier molecular flexibility index (Phi) is 4.26. The molecule has 1 aromatic heterocycles. The van der Waals surface area contributed by atoms with Gasteiger partial charge in [0.2, 0.25) is 5.13 Å². The Hall–Kier alpha value is -1.93. The third-order valence-electron chi connectivity index (χ3n) is 2.47. The predicted molar refractivity (Wildman–Crippen MR) is 72.4 cm³/mol. The molecule has 0 fully saturated rings. The number of rotatable bonds is 5. The van der Waals surface area contributed by atoms with E-state index in [4.69, 9.17) is 5.26 Å². The first-order valence-electron chi connectivity index (χ1n) is 5.87. The summed E-state index contributed by atoms with van der Waals surface area (Å²) in [6.07, 6.45) is 1.99. The number of benzene rings is 1. The van der Waals surface area contributed by atoms with E-state index in [1.165, 1.54) is 11.5 Å². The van der Waals surface area contributed by atoms with Crippen LogP contribution in [0.25, 0.3) is 0 Å². The van der Waals surface area contributed by atoms with E-state index in [-0.39, 0.29) is 0 Å². The number of hydrogen-bond acceptors (Lipinski definition) is 5. The maximum atomic E-state index is 8.71. The van der Waals surface area contributed by atoms with Gasteiger partial charge in [0, 0.05) is 24.5 Å². The molecule has 2 rings (SSSR count). The molecule has 0 bridgehead atoms. The second-order valence-electron chi connectivity index (χ2n) is 3.93. The molecular formula is C13H14N4S. The van der Waals surface area contributed by atoms with Gasteiger partial charge in [-0.1, -0.05) is 19.1 Å². The van der Waals surface area contributed by atoms with E-state index >= 15 is 0 Å². The van der Waals surface area contributed by atoms with Crippen molar-refractivity contribution < 1.29 is 0 Å². The Morgan fingerprint density at radius 1 is 1.33 bits per heavy atom. The molecule has 18 heavy (non-hydrogen) atoms. The molecule has 1 aromatic carbocycles. The van der Waals surface area contributed by atoms with Gasteiger partial charge in [0.05, 0.1) is 11.6 Å². The summed E-state index contributed by atoms with van der Waals surface area (Å²) in [5.74, 6) is 0.907. The van der Waals surface area contributed by atoms with Crippen molar-refractivity contribution in [1.82, 2.24) is 9.36 Å². The zero-order chi connectivity index (χ0) is 12.8. The minimum absolute atomic E-state index is 0.680. The molecule has 4 nitrogen and oxygen atoms in total. The normalized spacial score (nSPS) is 10.0. The molecule has 0 radical (unpaired) electrons. The van der Waals surface area contributed by atoms with Crippen molar-refractivity contribution in [3.8, 4) is 6.07 Å². The van der Waals surface area contributed by atoms with E-state index < -0.39 is 0 Å². The van der Waals surface area contributed by atoms with Crippen molar-refractivity contribution in [1.29, 1.82) is 5.26 Å². The second-order valence-corrected chi connectivity index (χ2v) is 4.68. The summed E-state index contributed by atoms with van der Waals surface area (Å²) in [6, 6.07) is 9.63. The van der Waals surface area contributed by atoms with E-state index in [0.717, 1.165) is 29.4 Å². The van der Waals surface area contributed by atoms with E-state index in [1.54, 1.807) is 0 Å². The van der Waals surface area contributed by atoms with Crippen LogP contribution in [-0.4, -0.2) is 9.36 Å². The minimum atomic E-state index is 0.680. The standard InChI is InChI=1S/C13H14N4S/c1-2-3-12-16-13(18-17-12)15-9-11-6-4-10(8-14)5-7-11/h4-7H,2-3,9H2,1H3,(H,15,16,17). The lowest BCUT2D eigenvalue weighted by atomic mass is 10.1. The van der Waals surface area contributed by atoms with Crippen LogP contribution in [0, 0.1) is 11.3 Å². The summed E-state index contributed by atoms with van der Waals surface area (Å²) in [5.41, 5.74) is 1.81. The molecule has 0 atom stereocenters. The van der Waals surface area contributed by atoms with E-state index in [2.05, 4.69) is 27.7 Å². The molecule has 92 valence electrons. The molecule has 5 heteroatoms. The second kappa shape index (κ2) is 6.12. The van der Waals surface area contributed by atoms with Crippen molar-refractivity contribution >= 4 is 16.7 Å². The van der Waals surface area contributed by atoms with E-state index in [0.29, 0.717) is 12.1 Å². The first-order valence-corrected chi connectivity index (χ1v) is 6.64. The Balaban J connectivity index is 1.91. The van der Waals surface area contributed by atoms with Gasteiger partial charge in [-0.2, -0.15) is 9.64 Å². The molecule has 0 unspecified atom stereocenters. The third-order valence-corrected chi connectivity index (χ3v) is 3.18. The van der Waals surface area contributed by atoms with Gasteiger partial charge in [-0.15, -0.1) is 0 Å². The number of aromatic nitrogens is 2. The maximum Gasteiger partial charge on any atom is 0.202 e. The van der Waals surface area contributed by atoms with Gasteiger partial charge in [-0.3, -0.25) is 0 Å². The average molecular weight is 258 g/mol. The van der Waals surface area contributed by atoms with Crippen molar-refractivity contribution in [2.24, 2.45) is 0 Å². The molecule has 1 heterocycles. The molecule has 1 N–H and O–H groups in total. The van der Waals surface area contributed by atoms with E-state index in [9.17, 15) is 0 Å². The first-order chi connectivity index (χ1) is 8.81. The zero-order valence-corrected chi connectivity index (χ0v) is 11.0. The number of nitrogens with zero attached hydrogens (tertiary/aromatic N) is 3. The highest BCUT2D eigenvalue weighted by molar-refractivity contribution is 7.09. The summed E-state index contributed by atoms with van der Waals surface area (Å²) in [6.45, 7) is 2.82. The first kappa shape index (κ1) is 12.5. The molecular weight excluding hydrogens is 244 g/mol. The van der Waals surface area contributed by atoms with Crippen LogP contribution in [0.3, 0.4) is 0 Å². The molecule has 0 saturated heterocycles. The van der Waals surface area contributed by atoms with Gasteiger partial charge in [0.15, 0.2) is 0 Å². The highest BCUT2D eigenvalue weighted by atomic mass is 32.1. The van der Waals surface area contributed by atoms with Crippen LogP contribution in [0.15, 0.2) is 24.3 Å². The Morgan fingerprint density at radius 3 is 2.78 bits per heavy atom. The summed E-state index contributed by atoms with van der Waals surface area (Å²) >= 11 is 1.39. The van der Waals surface area contributed by atoms with Crippen LogP contribution in [0.1, 0.15) is 30.3 Å². The summed E-state index contributed by atoms with van der Waals surface area (Å²) < 4.78 is 4.27. The van der Waals surface area contributed by atoms with Gasteiger partial charge in [-0.25, -0.2) is 4.98 Å². The van der Waals surface area contributed by atoms with Crippen LogP contribution in [0.4, 0.5) is 5.13 Å². The van der Waals surface area contributed by atoms with Gasteiger partial charge in [0.1, 0.15) is 5.82 Å². The lowest BCUT2D eigenvalue weighted by molar-refractivity contribution is 0.861. The Labute approximate surface area is 110 Å².